The largest absolute Gasteiger partial charge is 0.421 e. The number of amides is 1. The van der Waals surface area contributed by atoms with Crippen LogP contribution >= 0.6 is 11.6 Å². The Bertz CT molecular complexity index is 920. The van der Waals surface area contributed by atoms with E-state index in [9.17, 15) is 36.2 Å². The number of benzene rings is 2. The van der Waals surface area contributed by atoms with Gasteiger partial charge in [0.05, 0.1) is 16.3 Å². The summed E-state index contributed by atoms with van der Waals surface area (Å²) in [5, 5.41) is 9.63. The van der Waals surface area contributed by atoms with E-state index in [1.807, 2.05) is 0 Å². The van der Waals surface area contributed by atoms with E-state index in [0.717, 1.165) is 47.4 Å². The number of carbonyl (C=O) groups is 1. The Kier molecular flexibility index (Phi) is 6.49. The van der Waals surface area contributed by atoms with Gasteiger partial charge in [-0.3, -0.25) is 4.79 Å². The quantitative estimate of drug-likeness (QED) is 0.561. The molecule has 0 aliphatic rings. The standard InChI is InChI=1S/C20H18ClF6NO2/c1-11(2)28(16-10-14(19(22,23)24)8-9-15(16)21)17(29)12-4-6-13(7-5-12)18(3,30)20(25,26)27/h4-11,30H,1-3H3. The molecule has 2 rings (SSSR count). The molecule has 0 heterocycles. The zero-order valence-electron chi connectivity index (χ0n) is 16.1. The topological polar surface area (TPSA) is 40.5 Å². The third-order valence-electron chi connectivity index (χ3n) is 4.51. The van der Waals surface area contributed by atoms with Crippen molar-refractivity contribution in [2.24, 2.45) is 0 Å². The summed E-state index contributed by atoms with van der Waals surface area (Å²) in [6.45, 7) is 3.68. The molecule has 0 aromatic heterocycles. The number of anilines is 1. The van der Waals surface area contributed by atoms with E-state index >= 15 is 0 Å². The van der Waals surface area contributed by atoms with E-state index in [4.69, 9.17) is 11.6 Å². The lowest BCUT2D eigenvalue weighted by Gasteiger charge is -2.29. The van der Waals surface area contributed by atoms with Crippen LogP contribution in [0, 0.1) is 0 Å². The lowest BCUT2D eigenvalue weighted by molar-refractivity contribution is -0.258. The van der Waals surface area contributed by atoms with E-state index in [1.165, 1.54) is 0 Å². The van der Waals surface area contributed by atoms with Crippen LogP contribution in [0.1, 0.15) is 42.3 Å². The van der Waals surface area contributed by atoms with Crippen LogP contribution in [0.5, 0.6) is 0 Å². The summed E-state index contributed by atoms with van der Waals surface area (Å²) in [6.07, 6.45) is -9.59. The van der Waals surface area contributed by atoms with Gasteiger partial charge in [-0.1, -0.05) is 23.7 Å². The molecule has 164 valence electrons. The van der Waals surface area contributed by atoms with Gasteiger partial charge in [0.25, 0.3) is 5.91 Å². The highest BCUT2D eigenvalue weighted by Crippen LogP contribution is 2.39. The molecule has 2 aromatic carbocycles. The van der Waals surface area contributed by atoms with Gasteiger partial charge in [-0.2, -0.15) is 26.3 Å². The van der Waals surface area contributed by atoms with E-state index in [-0.39, 0.29) is 16.3 Å². The normalized spacial score (nSPS) is 14.5. The number of aliphatic hydroxyl groups is 1. The second kappa shape index (κ2) is 8.11. The van der Waals surface area contributed by atoms with Gasteiger partial charge in [0.2, 0.25) is 0 Å². The van der Waals surface area contributed by atoms with Crippen LogP contribution in [0.15, 0.2) is 42.5 Å². The Labute approximate surface area is 173 Å². The summed E-state index contributed by atoms with van der Waals surface area (Å²) in [5.74, 6) is -0.760. The van der Waals surface area contributed by atoms with Crippen molar-refractivity contribution in [3.05, 3.63) is 64.2 Å². The Morgan fingerprint density at radius 2 is 1.47 bits per heavy atom. The molecule has 1 N–H and O–H groups in total. The minimum atomic E-state index is -4.94. The van der Waals surface area contributed by atoms with Crippen LogP contribution in [0.3, 0.4) is 0 Å². The first-order valence-corrected chi connectivity index (χ1v) is 9.05. The Hall–Kier alpha value is -2.26. The second-order valence-electron chi connectivity index (χ2n) is 7.08. The fourth-order valence-electron chi connectivity index (χ4n) is 2.74. The molecule has 1 unspecified atom stereocenters. The van der Waals surface area contributed by atoms with Crippen molar-refractivity contribution in [1.82, 2.24) is 0 Å². The van der Waals surface area contributed by atoms with Crippen LogP contribution in [0.4, 0.5) is 32.0 Å². The van der Waals surface area contributed by atoms with Crippen LogP contribution in [-0.4, -0.2) is 23.2 Å². The van der Waals surface area contributed by atoms with Gasteiger partial charge in [0.1, 0.15) is 0 Å². The van der Waals surface area contributed by atoms with Crippen molar-refractivity contribution in [2.75, 3.05) is 4.90 Å². The van der Waals surface area contributed by atoms with Gasteiger partial charge < -0.3 is 10.0 Å². The lowest BCUT2D eigenvalue weighted by atomic mass is 9.94. The zero-order valence-corrected chi connectivity index (χ0v) is 16.8. The number of halogens is 7. The highest BCUT2D eigenvalue weighted by atomic mass is 35.5. The monoisotopic (exact) mass is 453 g/mol. The first kappa shape index (κ1) is 24.0. The number of hydrogen-bond acceptors (Lipinski definition) is 2. The maximum absolute atomic E-state index is 13.1. The Morgan fingerprint density at radius 3 is 1.90 bits per heavy atom. The SMILES string of the molecule is CC(C)N(C(=O)c1ccc(C(C)(O)C(F)(F)F)cc1)c1cc(C(F)(F)F)ccc1Cl. The molecule has 0 saturated heterocycles. The van der Waals surface area contributed by atoms with Gasteiger partial charge >= 0.3 is 12.4 Å². The molecule has 1 amide bonds. The molecule has 0 spiro atoms. The van der Waals surface area contributed by atoms with E-state index in [2.05, 4.69) is 0 Å². The van der Waals surface area contributed by atoms with Crippen molar-refractivity contribution < 1.29 is 36.2 Å². The van der Waals surface area contributed by atoms with E-state index in [0.29, 0.717) is 6.92 Å². The fourth-order valence-corrected chi connectivity index (χ4v) is 2.94. The molecule has 0 bridgehead atoms. The molecule has 10 heteroatoms. The maximum atomic E-state index is 13.1. The molecular formula is C20H18ClF6NO2. The summed E-state index contributed by atoms with van der Waals surface area (Å²) in [6, 6.07) is 5.93. The van der Waals surface area contributed by atoms with Gasteiger partial charge in [-0.25, -0.2) is 0 Å². The molecular weight excluding hydrogens is 436 g/mol. The van der Waals surface area contributed by atoms with Crippen molar-refractivity contribution in [3.8, 4) is 0 Å². The van der Waals surface area contributed by atoms with Crippen molar-refractivity contribution in [2.45, 2.75) is 44.8 Å². The van der Waals surface area contributed by atoms with Crippen LogP contribution in [-0.2, 0) is 11.8 Å². The molecule has 2 aromatic rings. The predicted molar refractivity (Wildman–Crippen MR) is 100 cm³/mol. The number of rotatable bonds is 4. The summed E-state index contributed by atoms with van der Waals surface area (Å²) < 4.78 is 78.2. The van der Waals surface area contributed by atoms with Crippen molar-refractivity contribution in [1.29, 1.82) is 0 Å². The summed E-state index contributed by atoms with van der Waals surface area (Å²) >= 11 is 6.03. The van der Waals surface area contributed by atoms with Crippen LogP contribution in [0.2, 0.25) is 5.02 Å². The highest BCUT2D eigenvalue weighted by molar-refractivity contribution is 6.34. The molecule has 0 aliphatic carbocycles. The summed E-state index contributed by atoms with van der Waals surface area (Å²) in [4.78, 5) is 14.0. The third-order valence-corrected chi connectivity index (χ3v) is 4.83. The van der Waals surface area contributed by atoms with Crippen LogP contribution in [0.25, 0.3) is 0 Å². The second-order valence-corrected chi connectivity index (χ2v) is 7.49. The molecule has 3 nitrogen and oxygen atoms in total. The minimum Gasteiger partial charge on any atom is -0.376 e. The van der Waals surface area contributed by atoms with E-state index in [1.54, 1.807) is 13.8 Å². The summed E-state index contributed by atoms with van der Waals surface area (Å²) in [5.41, 5.74) is -4.88. The smallest absolute Gasteiger partial charge is 0.376 e. The molecule has 1 atom stereocenters. The Morgan fingerprint density at radius 1 is 0.967 bits per heavy atom. The van der Waals surface area contributed by atoms with Gasteiger partial charge in [0.15, 0.2) is 5.60 Å². The number of hydrogen-bond donors (Lipinski definition) is 1. The van der Waals surface area contributed by atoms with Crippen LogP contribution < -0.4 is 4.90 Å². The highest BCUT2D eigenvalue weighted by Gasteiger charge is 2.51. The summed E-state index contributed by atoms with van der Waals surface area (Å²) in [7, 11) is 0. The van der Waals surface area contributed by atoms with Gasteiger partial charge in [-0.15, -0.1) is 0 Å². The molecule has 30 heavy (non-hydrogen) atoms. The van der Waals surface area contributed by atoms with Gasteiger partial charge in [0, 0.05) is 11.6 Å². The van der Waals surface area contributed by atoms with Gasteiger partial charge in [-0.05, 0) is 56.7 Å². The molecule has 0 saturated carbocycles. The molecule has 0 aliphatic heterocycles. The average Bonchev–Trinajstić information content (AvgIpc) is 2.61. The minimum absolute atomic E-state index is 0.0843. The fraction of sp³-hybridized carbons (Fsp3) is 0.350. The van der Waals surface area contributed by atoms with E-state index < -0.39 is 41.0 Å². The maximum Gasteiger partial charge on any atom is 0.421 e. The predicted octanol–water partition coefficient (Wildman–Crippen LogP) is 6.18. The lowest BCUT2D eigenvalue weighted by Crippen LogP contribution is -2.39. The molecule has 0 fully saturated rings. The number of nitrogens with zero attached hydrogens (tertiary/aromatic N) is 1. The average molecular weight is 454 g/mol. The third kappa shape index (κ3) is 4.73. The number of carbonyl (C=O) groups excluding carboxylic acids is 1. The zero-order chi connectivity index (χ0) is 23.1. The molecule has 0 radical (unpaired) electrons. The van der Waals surface area contributed by atoms with Crippen molar-refractivity contribution >= 4 is 23.2 Å². The first-order valence-electron chi connectivity index (χ1n) is 8.67. The van der Waals surface area contributed by atoms with Crippen molar-refractivity contribution in [3.63, 3.8) is 0 Å². The first-order chi connectivity index (χ1) is 13.6. The number of alkyl halides is 6. The Balaban J connectivity index is 2.47.